The number of anilines is 1. The third-order valence-corrected chi connectivity index (χ3v) is 3.86. The number of rotatable bonds is 6. The number of ether oxygens (including phenoxy) is 1. The number of hydrogen-bond acceptors (Lipinski definition) is 7. The van der Waals surface area contributed by atoms with Gasteiger partial charge in [-0.05, 0) is 36.7 Å². The molecule has 0 spiro atoms. The van der Waals surface area contributed by atoms with E-state index in [1.807, 2.05) is 31.1 Å². The molecule has 120 valence electrons. The average molecular weight is 306 g/mol. The van der Waals surface area contributed by atoms with Gasteiger partial charge in [-0.1, -0.05) is 0 Å². The van der Waals surface area contributed by atoms with Crippen LogP contribution in [-0.4, -0.2) is 42.8 Å². The first-order valence-corrected chi connectivity index (χ1v) is 7.49. The van der Waals surface area contributed by atoms with Gasteiger partial charge in [0.2, 0.25) is 5.89 Å². The minimum absolute atomic E-state index is 0.264. The molecule has 2 aromatic heterocycles. The number of furan rings is 1. The summed E-state index contributed by atoms with van der Waals surface area (Å²) in [7, 11) is 5.46. The van der Waals surface area contributed by atoms with Crippen LogP contribution in [0.25, 0.3) is 0 Å². The van der Waals surface area contributed by atoms with Crippen LogP contribution in [0.5, 0.6) is 0 Å². The highest BCUT2D eigenvalue weighted by atomic mass is 16.5. The van der Waals surface area contributed by atoms with Crippen LogP contribution in [0.4, 0.5) is 5.95 Å². The van der Waals surface area contributed by atoms with E-state index in [0.29, 0.717) is 25.0 Å². The summed E-state index contributed by atoms with van der Waals surface area (Å²) in [5, 5.41) is 3.96. The van der Waals surface area contributed by atoms with Crippen molar-refractivity contribution in [1.29, 1.82) is 0 Å². The van der Waals surface area contributed by atoms with Crippen molar-refractivity contribution in [2.45, 2.75) is 32.0 Å². The fourth-order valence-electron chi connectivity index (χ4n) is 2.80. The molecule has 1 aliphatic heterocycles. The monoisotopic (exact) mass is 306 g/mol. The van der Waals surface area contributed by atoms with E-state index in [0.717, 1.165) is 30.9 Å². The van der Waals surface area contributed by atoms with Gasteiger partial charge < -0.3 is 18.6 Å². The van der Waals surface area contributed by atoms with Crippen molar-refractivity contribution in [3.8, 4) is 0 Å². The van der Waals surface area contributed by atoms with E-state index in [1.165, 1.54) is 0 Å². The molecular formula is C15H22N4O3. The molecule has 3 heterocycles. The molecule has 0 aliphatic carbocycles. The highest BCUT2D eigenvalue weighted by Crippen LogP contribution is 2.34. The Kier molecular flexibility index (Phi) is 4.44. The van der Waals surface area contributed by atoms with Gasteiger partial charge in [-0.25, -0.2) is 0 Å². The minimum Gasteiger partial charge on any atom is -0.462 e. The number of aromatic nitrogens is 2. The lowest BCUT2D eigenvalue weighted by Crippen LogP contribution is -2.22. The lowest BCUT2D eigenvalue weighted by molar-refractivity contribution is 0.152. The molecule has 0 aromatic carbocycles. The maximum atomic E-state index is 5.88. The Morgan fingerprint density at radius 2 is 2.27 bits per heavy atom. The third-order valence-electron chi connectivity index (χ3n) is 3.86. The molecule has 0 bridgehead atoms. The predicted molar refractivity (Wildman–Crippen MR) is 80.4 cm³/mol. The standard InChI is InChI=1S/C15H22N4O3/c1-18(2)15-16-14(22-17-15)9-19-8-4-5-12(19)13-7-6-11(21-13)10-20-3/h6-7,12H,4-5,8-10H2,1-3H3/t12-/m1/s1. The van der Waals surface area contributed by atoms with Crippen molar-refractivity contribution in [3.63, 3.8) is 0 Å². The molecule has 3 rings (SSSR count). The molecule has 0 N–H and O–H groups in total. The zero-order valence-corrected chi connectivity index (χ0v) is 13.3. The summed E-state index contributed by atoms with van der Waals surface area (Å²) in [6.45, 7) is 2.15. The highest BCUT2D eigenvalue weighted by Gasteiger charge is 2.30. The maximum absolute atomic E-state index is 5.88. The van der Waals surface area contributed by atoms with Crippen molar-refractivity contribution in [2.24, 2.45) is 0 Å². The van der Waals surface area contributed by atoms with Crippen molar-refractivity contribution >= 4 is 5.95 Å². The molecule has 1 atom stereocenters. The van der Waals surface area contributed by atoms with Crippen molar-refractivity contribution in [1.82, 2.24) is 15.0 Å². The number of hydrogen-bond donors (Lipinski definition) is 0. The van der Waals surface area contributed by atoms with Gasteiger partial charge in [0, 0.05) is 21.2 Å². The van der Waals surface area contributed by atoms with Gasteiger partial charge in [0.1, 0.15) is 18.1 Å². The average Bonchev–Trinajstić information content (AvgIpc) is 3.19. The molecule has 0 saturated carbocycles. The van der Waals surface area contributed by atoms with E-state index in [9.17, 15) is 0 Å². The van der Waals surface area contributed by atoms with E-state index in [2.05, 4.69) is 15.0 Å². The predicted octanol–water partition coefficient (Wildman–Crippen LogP) is 2.21. The zero-order chi connectivity index (χ0) is 15.5. The molecular weight excluding hydrogens is 284 g/mol. The topological polar surface area (TPSA) is 67.8 Å². The van der Waals surface area contributed by atoms with Crippen LogP contribution in [0.2, 0.25) is 0 Å². The fraction of sp³-hybridized carbons (Fsp3) is 0.600. The normalized spacial score (nSPS) is 19.0. The second kappa shape index (κ2) is 6.50. The Balaban J connectivity index is 1.69. The van der Waals surface area contributed by atoms with Gasteiger partial charge in [-0.2, -0.15) is 4.98 Å². The van der Waals surface area contributed by atoms with Crippen LogP contribution in [0, 0.1) is 0 Å². The fourth-order valence-corrected chi connectivity index (χ4v) is 2.80. The van der Waals surface area contributed by atoms with Gasteiger partial charge in [-0.15, -0.1) is 0 Å². The van der Waals surface area contributed by atoms with Crippen LogP contribution in [0.15, 0.2) is 21.1 Å². The highest BCUT2D eigenvalue weighted by molar-refractivity contribution is 5.23. The Morgan fingerprint density at radius 1 is 1.41 bits per heavy atom. The quantitative estimate of drug-likeness (QED) is 0.810. The summed E-state index contributed by atoms with van der Waals surface area (Å²) in [5.41, 5.74) is 0. The molecule has 1 fully saturated rings. The number of nitrogens with zero attached hydrogens (tertiary/aromatic N) is 4. The lowest BCUT2D eigenvalue weighted by Gasteiger charge is -2.20. The molecule has 2 aromatic rings. The summed E-state index contributed by atoms with van der Waals surface area (Å²) in [5.74, 6) is 3.08. The van der Waals surface area contributed by atoms with Gasteiger partial charge in [0.15, 0.2) is 0 Å². The van der Waals surface area contributed by atoms with Gasteiger partial charge >= 0.3 is 0 Å². The molecule has 7 nitrogen and oxygen atoms in total. The van der Waals surface area contributed by atoms with Gasteiger partial charge in [0.05, 0.1) is 12.6 Å². The molecule has 7 heteroatoms. The molecule has 1 aliphatic rings. The van der Waals surface area contributed by atoms with Crippen LogP contribution >= 0.6 is 0 Å². The summed E-state index contributed by atoms with van der Waals surface area (Å²) in [4.78, 5) is 8.55. The van der Waals surface area contributed by atoms with Gasteiger partial charge in [-0.3, -0.25) is 4.90 Å². The van der Waals surface area contributed by atoms with E-state index >= 15 is 0 Å². The van der Waals surface area contributed by atoms with Crippen LogP contribution in [0.3, 0.4) is 0 Å². The zero-order valence-electron chi connectivity index (χ0n) is 13.3. The van der Waals surface area contributed by atoms with E-state index < -0.39 is 0 Å². The number of methoxy groups -OCH3 is 1. The second-order valence-corrected chi connectivity index (χ2v) is 5.75. The SMILES string of the molecule is COCc1ccc([C@H]2CCCN2Cc2nc(N(C)C)no2)o1. The Labute approximate surface area is 129 Å². The molecule has 0 radical (unpaired) electrons. The van der Waals surface area contributed by atoms with Gasteiger partial charge in [0.25, 0.3) is 5.95 Å². The summed E-state index contributed by atoms with van der Waals surface area (Å²) in [6.07, 6.45) is 2.22. The lowest BCUT2D eigenvalue weighted by atomic mass is 10.1. The molecule has 0 amide bonds. The van der Waals surface area contributed by atoms with Crippen LogP contribution in [0.1, 0.15) is 36.3 Å². The third kappa shape index (κ3) is 3.15. The maximum Gasteiger partial charge on any atom is 0.265 e. The molecule has 0 unspecified atom stereocenters. The van der Waals surface area contributed by atoms with Crippen LogP contribution < -0.4 is 4.90 Å². The first-order valence-electron chi connectivity index (χ1n) is 7.49. The first kappa shape index (κ1) is 15.1. The minimum atomic E-state index is 0.264. The summed E-state index contributed by atoms with van der Waals surface area (Å²) >= 11 is 0. The van der Waals surface area contributed by atoms with E-state index in [1.54, 1.807) is 7.11 Å². The van der Waals surface area contributed by atoms with Crippen LogP contribution in [-0.2, 0) is 17.9 Å². The summed E-state index contributed by atoms with van der Waals surface area (Å²) < 4.78 is 16.3. The Bertz CT molecular complexity index is 607. The van der Waals surface area contributed by atoms with Crippen molar-refractivity contribution in [2.75, 3.05) is 32.6 Å². The first-order chi connectivity index (χ1) is 10.7. The smallest absolute Gasteiger partial charge is 0.265 e. The van der Waals surface area contributed by atoms with Crippen molar-refractivity contribution in [3.05, 3.63) is 29.5 Å². The Morgan fingerprint density at radius 3 is 3.00 bits per heavy atom. The molecule has 22 heavy (non-hydrogen) atoms. The number of likely N-dealkylation sites (tertiary alicyclic amines) is 1. The van der Waals surface area contributed by atoms with E-state index in [-0.39, 0.29) is 6.04 Å². The second-order valence-electron chi connectivity index (χ2n) is 5.75. The van der Waals surface area contributed by atoms with Crippen molar-refractivity contribution < 1.29 is 13.7 Å². The summed E-state index contributed by atoms with van der Waals surface area (Å²) in [6, 6.07) is 4.28. The van der Waals surface area contributed by atoms with E-state index in [4.69, 9.17) is 13.7 Å². The molecule has 1 saturated heterocycles. The Hall–Kier alpha value is -1.86. The largest absolute Gasteiger partial charge is 0.462 e.